The van der Waals surface area contributed by atoms with E-state index in [1.54, 1.807) is 24.3 Å². The number of benzene rings is 1. The minimum absolute atomic E-state index is 0.255. The lowest BCUT2D eigenvalue weighted by Crippen LogP contribution is -2.22. The Morgan fingerprint density at radius 3 is 2.67 bits per heavy atom. The fourth-order valence-electron chi connectivity index (χ4n) is 1.66. The molecule has 0 amide bonds. The van der Waals surface area contributed by atoms with Crippen molar-refractivity contribution in [3.05, 3.63) is 51.7 Å². The molecule has 1 aromatic heterocycles. The lowest BCUT2D eigenvalue weighted by atomic mass is 10.2. The third kappa shape index (κ3) is 4.41. The van der Waals surface area contributed by atoms with Crippen molar-refractivity contribution in [3.63, 3.8) is 0 Å². The second-order valence-corrected chi connectivity index (χ2v) is 7.21. The minimum atomic E-state index is -3.48. The molecule has 2 rings (SSSR count). The van der Waals surface area contributed by atoms with Crippen LogP contribution in [0.4, 0.5) is 0 Å². The number of rotatable bonds is 4. The average Bonchev–Trinajstić information content (AvgIpc) is 2.91. The molecule has 2 aromatic rings. The highest BCUT2D eigenvalue weighted by molar-refractivity contribution is 7.89. The maximum Gasteiger partial charge on any atom is 0.240 e. The third-order valence-corrected chi connectivity index (χ3v) is 5.11. The van der Waals surface area contributed by atoms with E-state index in [0.29, 0.717) is 6.54 Å². The molecule has 6 heteroatoms. The molecule has 0 saturated carbocycles. The Balaban J connectivity index is 2.05. The standard InChI is InChI=1S/C15H16N2O2S2/c1-12-4-6-15(7-5-12)21(18,19)17-10-14-9-13(11-20-14)3-2-8-16/h4-7,9,11,17H,8,10,16H2,1H3. The fraction of sp³-hybridized carbons (Fsp3) is 0.200. The molecule has 1 aromatic carbocycles. The summed E-state index contributed by atoms with van der Waals surface area (Å²) in [6.07, 6.45) is 0. The van der Waals surface area contributed by atoms with E-state index in [0.717, 1.165) is 16.0 Å². The van der Waals surface area contributed by atoms with Crippen molar-refractivity contribution in [3.8, 4) is 11.8 Å². The number of aryl methyl sites for hydroxylation is 1. The summed E-state index contributed by atoms with van der Waals surface area (Å²) in [6, 6.07) is 8.62. The van der Waals surface area contributed by atoms with E-state index >= 15 is 0 Å². The zero-order valence-corrected chi connectivity index (χ0v) is 13.2. The summed E-state index contributed by atoms with van der Waals surface area (Å²) in [4.78, 5) is 1.18. The monoisotopic (exact) mass is 320 g/mol. The van der Waals surface area contributed by atoms with Gasteiger partial charge in [-0.15, -0.1) is 11.3 Å². The topological polar surface area (TPSA) is 72.2 Å². The highest BCUT2D eigenvalue weighted by Gasteiger charge is 2.13. The van der Waals surface area contributed by atoms with Gasteiger partial charge in [-0.05, 0) is 25.1 Å². The molecule has 3 N–H and O–H groups in total. The average molecular weight is 320 g/mol. The number of hydrogen-bond acceptors (Lipinski definition) is 4. The normalized spacial score (nSPS) is 11.0. The number of sulfonamides is 1. The van der Waals surface area contributed by atoms with E-state index in [1.807, 2.05) is 18.4 Å². The molecular weight excluding hydrogens is 304 g/mol. The van der Waals surface area contributed by atoms with Gasteiger partial charge in [0.25, 0.3) is 0 Å². The molecular formula is C15H16N2O2S2. The maximum absolute atomic E-state index is 12.1. The quantitative estimate of drug-likeness (QED) is 0.845. The van der Waals surface area contributed by atoms with E-state index in [4.69, 9.17) is 5.73 Å². The molecule has 110 valence electrons. The Morgan fingerprint density at radius 2 is 2.00 bits per heavy atom. The van der Waals surface area contributed by atoms with Crippen LogP contribution in [0.25, 0.3) is 0 Å². The van der Waals surface area contributed by atoms with Gasteiger partial charge in [-0.25, -0.2) is 13.1 Å². The Morgan fingerprint density at radius 1 is 1.29 bits per heavy atom. The van der Waals surface area contributed by atoms with Gasteiger partial charge in [0.1, 0.15) is 0 Å². The summed E-state index contributed by atoms with van der Waals surface area (Å²) in [6.45, 7) is 2.48. The number of thiophene rings is 1. The largest absolute Gasteiger partial charge is 0.320 e. The van der Waals surface area contributed by atoms with Crippen LogP contribution in [0, 0.1) is 18.8 Å². The van der Waals surface area contributed by atoms with Crippen LogP contribution >= 0.6 is 11.3 Å². The molecule has 0 bridgehead atoms. The van der Waals surface area contributed by atoms with Gasteiger partial charge in [0.05, 0.1) is 11.4 Å². The predicted molar refractivity (Wildman–Crippen MR) is 85.5 cm³/mol. The van der Waals surface area contributed by atoms with Gasteiger partial charge in [-0.2, -0.15) is 0 Å². The molecule has 1 heterocycles. The van der Waals surface area contributed by atoms with Crippen LogP contribution < -0.4 is 10.5 Å². The Bertz CT molecular complexity index is 766. The van der Waals surface area contributed by atoms with Crippen LogP contribution in [-0.4, -0.2) is 15.0 Å². The summed E-state index contributed by atoms with van der Waals surface area (Å²) < 4.78 is 26.9. The maximum atomic E-state index is 12.1. The SMILES string of the molecule is Cc1ccc(S(=O)(=O)NCc2cc(C#CCN)cs2)cc1. The van der Waals surface area contributed by atoms with E-state index in [9.17, 15) is 8.42 Å². The fourth-order valence-corrected chi connectivity index (χ4v) is 3.51. The van der Waals surface area contributed by atoms with Crippen molar-refractivity contribution in [2.45, 2.75) is 18.4 Å². The van der Waals surface area contributed by atoms with Crippen molar-refractivity contribution in [2.75, 3.05) is 6.54 Å². The van der Waals surface area contributed by atoms with Crippen LogP contribution in [-0.2, 0) is 16.6 Å². The van der Waals surface area contributed by atoms with Gasteiger partial charge < -0.3 is 5.73 Å². The van der Waals surface area contributed by atoms with Crippen LogP contribution in [0.2, 0.25) is 0 Å². The first-order valence-corrected chi connectivity index (χ1v) is 8.70. The number of nitrogens with two attached hydrogens (primary N) is 1. The van der Waals surface area contributed by atoms with Crippen molar-refractivity contribution < 1.29 is 8.42 Å². The predicted octanol–water partition coefficient (Wildman–Crippen LogP) is 1.85. The van der Waals surface area contributed by atoms with Gasteiger partial charge in [0.15, 0.2) is 0 Å². The minimum Gasteiger partial charge on any atom is -0.320 e. The molecule has 0 aliphatic heterocycles. The molecule has 0 fully saturated rings. The van der Waals surface area contributed by atoms with Crippen molar-refractivity contribution >= 4 is 21.4 Å². The molecule has 0 unspecified atom stereocenters. The molecule has 0 spiro atoms. The summed E-state index contributed by atoms with van der Waals surface area (Å²) >= 11 is 1.47. The van der Waals surface area contributed by atoms with Crippen LogP contribution in [0.1, 0.15) is 16.0 Å². The molecule has 0 saturated heterocycles. The molecule has 0 atom stereocenters. The first-order chi connectivity index (χ1) is 10.0. The summed E-state index contributed by atoms with van der Waals surface area (Å²) in [5.41, 5.74) is 7.19. The zero-order chi connectivity index (χ0) is 15.3. The molecule has 0 aliphatic rings. The van der Waals surface area contributed by atoms with Gasteiger partial charge >= 0.3 is 0 Å². The van der Waals surface area contributed by atoms with E-state index in [1.165, 1.54) is 11.3 Å². The second kappa shape index (κ2) is 6.87. The van der Waals surface area contributed by atoms with Crippen molar-refractivity contribution in [2.24, 2.45) is 5.73 Å². The van der Waals surface area contributed by atoms with Gasteiger partial charge in [-0.1, -0.05) is 29.5 Å². The van der Waals surface area contributed by atoms with Crippen molar-refractivity contribution in [1.82, 2.24) is 4.72 Å². The summed E-state index contributed by atoms with van der Waals surface area (Å²) in [5, 5.41) is 1.89. The lowest BCUT2D eigenvalue weighted by Gasteiger charge is -2.05. The van der Waals surface area contributed by atoms with Gasteiger partial charge in [-0.3, -0.25) is 0 Å². The third-order valence-electron chi connectivity index (χ3n) is 2.76. The second-order valence-electron chi connectivity index (χ2n) is 4.45. The van der Waals surface area contributed by atoms with Crippen LogP contribution in [0.15, 0.2) is 40.6 Å². The van der Waals surface area contributed by atoms with Gasteiger partial charge in [0, 0.05) is 22.4 Å². The smallest absolute Gasteiger partial charge is 0.240 e. The highest BCUT2D eigenvalue weighted by atomic mass is 32.2. The van der Waals surface area contributed by atoms with E-state index in [-0.39, 0.29) is 11.4 Å². The first-order valence-electron chi connectivity index (χ1n) is 6.34. The number of nitrogens with one attached hydrogen (secondary N) is 1. The Kier molecular flexibility index (Phi) is 5.15. The van der Waals surface area contributed by atoms with Crippen molar-refractivity contribution in [1.29, 1.82) is 0 Å². The molecule has 21 heavy (non-hydrogen) atoms. The molecule has 0 aliphatic carbocycles. The Hall–Kier alpha value is -1.65. The van der Waals surface area contributed by atoms with E-state index in [2.05, 4.69) is 16.6 Å². The van der Waals surface area contributed by atoms with E-state index < -0.39 is 10.0 Å². The highest BCUT2D eigenvalue weighted by Crippen LogP contribution is 2.15. The Labute approximate surface area is 129 Å². The first kappa shape index (κ1) is 15.7. The molecule has 4 nitrogen and oxygen atoms in total. The molecule has 0 radical (unpaired) electrons. The lowest BCUT2D eigenvalue weighted by molar-refractivity contribution is 0.582. The zero-order valence-electron chi connectivity index (χ0n) is 11.6. The summed E-state index contributed by atoms with van der Waals surface area (Å²) in [5.74, 6) is 5.69. The summed E-state index contributed by atoms with van der Waals surface area (Å²) in [7, 11) is -3.48. The van der Waals surface area contributed by atoms with Crippen LogP contribution in [0.3, 0.4) is 0 Å². The van der Waals surface area contributed by atoms with Crippen LogP contribution in [0.5, 0.6) is 0 Å². The number of hydrogen-bond donors (Lipinski definition) is 2. The van der Waals surface area contributed by atoms with Gasteiger partial charge in [0.2, 0.25) is 10.0 Å².